The smallest absolute Gasteiger partial charge is 0.407 e. The number of hydrogen-bond donors (Lipinski definition) is 2. The highest BCUT2D eigenvalue weighted by molar-refractivity contribution is 5.68. The molecule has 1 aromatic heterocycles. The molecule has 5 heteroatoms. The molecule has 0 spiro atoms. The molecular formula is C18H29N3O2. The van der Waals surface area contributed by atoms with Gasteiger partial charge < -0.3 is 15.4 Å². The average molecular weight is 319 g/mol. The number of hydrogen-bond acceptors (Lipinski definition) is 4. The lowest BCUT2D eigenvalue weighted by molar-refractivity contribution is 0.0489. The predicted molar refractivity (Wildman–Crippen MR) is 91.2 cm³/mol. The summed E-state index contributed by atoms with van der Waals surface area (Å²) >= 11 is 0. The maximum absolute atomic E-state index is 11.8. The summed E-state index contributed by atoms with van der Waals surface area (Å²) in [4.78, 5) is 16.3. The number of alkyl carbamates (subject to hydrolysis) is 1. The Bertz CT molecular complexity index is 517. The lowest BCUT2D eigenvalue weighted by Crippen LogP contribution is -2.43. The van der Waals surface area contributed by atoms with Crippen molar-refractivity contribution in [2.24, 2.45) is 0 Å². The van der Waals surface area contributed by atoms with Crippen molar-refractivity contribution < 1.29 is 9.53 Å². The lowest BCUT2D eigenvalue weighted by Gasteiger charge is -2.30. The van der Waals surface area contributed by atoms with Gasteiger partial charge in [0.05, 0.1) is 5.69 Å². The molecule has 1 aliphatic carbocycles. The van der Waals surface area contributed by atoms with Crippen molar-refractivity contribution in [3.63, 3.8) is 0 Å². The van der Waals surface area contributed by atoms with Crippen molar-refractivity contribution in [1.29, 1.82) is 0 Å². The van der Waals surface area contributed by atoms with Crippen LogP contribution in [-0.4, -0.2) is 28.8 Å². The van der Waals surface area contributed by atoms with Crippen molar-refractivity contribution in [3.8, 4) is 0 Å². The Labute approximate surface area is 139 Å². The maximum Gasteiger partial charge on any atom is 0.407 e. The molecule has 2 N–H and O–H groups in total. The van der Waals surface area contributed by atoms with Gasteiger partial charge in [0, 0.05) is 24.3 Å². The van der Waals surface area contributed by atoms with Gasteiger partial charge >= 0.3 is 6.09 Å². The zero-order chi connectivity index (χ0) is 16.9. The minimum absolute atomic E-state index is 0.222. The molecule has 0 unspecified atom stereocenters. The normalized spacial score (nSPS) is 21.7. The third-order valence-corrected chi connectivity index (χ3v) is 3.97. The van der Waals surface area contributed by atoms with Crippen molar-refractivity contribution >= 4 is 6.09 Å². The quantitative estimate of drug-likeness (QED) is 0.893. The van der Waals surface area contributed by atoms with E-state index in [2.05, 4.69) is 21.7 Å². The summed E-state index contributed by atoms with van der Waals surface area (Å²) in [5.41, 5.74) is 1.69. The number of carbonyl (C=O) groups excluding carboxylic acids is 1. The Morgan fingerprint density at radius 1 is 1.22 bits per heavy atom. The fourth-order valence-corrected chi connectivity index (χ4v) is 2.86. The van der Waals surface area contributed by atoms with E-state index in [0.717, 1.165) is 43.6 Å². The molecule has 1 fully saturated rings. The van der Waals surface area contributed by atoms with Gasteiger partial charge in [0.15, 0.2) is 0 Å². The zero-order valence-electron chi connectivity index (χ0n) is 14.7. The Kier molecular flexibility index (Phi) is 5.99. The topological polar surface area (TPSA) is 63.2 Å². The van der Waals surface area contributed by atoms with Crippen LogP contribution in [0.25, 0.3) is 0 Å². The van der Waals surface area contributed by atoms with Crippen LogP contribution in [0.4, 0.5) is 4.79 Å². The number of carbonyl (C=O) groups is 1. The predicted octanol–water partition coefficient (Wildman–Crippen LogP) is 3.32. The number of amides is 1. The average Bonchev–Trinajstić information content (AvgIpc) is 2.44. The first-order valence-corrected chi connectivity index (χ1v) is 8.47. The van der Waals surface area contributed by atoms with E-state index in [1.807, 2.05) is 39.8 Å². The number of pyridine rings is 1. The summed E-state index contributed by atoms with van der Waals surface area (Å²) in [6.07, 6.45) is 3.78. The van der Waals surface area contributed by atoms with Gasteiger partial charge in [0.25, 0.3) is 0 Å². The van der Waals surface area contributed by atoms with Gasteiger partial charge in [-0.05, 0) is 65.5 Å². The highest BCUT2D eigenvalue weighted by atomic mass is 16.6. The molecule has 1 saturated carbocycles. The van der Waals surface area contributed by atoms with Crippen molar-refractivity contribution in [3.05, 3.63) is 29.6 Å². The number of aromatic nitrogens is 1. The molecule has 0 radical (unpaired) electrons. The molecule has 128 valence electrons. The number of ether oxygens (including phenoxy) is 1. The molecule has 0 aromatic carbocycles. The van der Waals surface area contributed by atoms with Crippen molar-refractivity contribution in [2.45, 2.75) is 77.6 Å². The van der Waals surface area contributed by atoms with Crippen LogP contribution in [-0.2, 0) is 11.3 Å². The molecule has 0 aliphatic heterocycles. The van der Waals surface area contributed by atoms with Gasteiger partial charge in [0.1, 0.15) is 5.60 Å². The van der Waals surface area contributed by atoms with E-state index in [-0.39, 0.29) is 12.1 Å². The molecule has 0 atom stereocenters. The van der Waals surface area contributed by atoms with Gasteiger partial charge in [-0.15, -0.1) is 0 Å². The van der Waals surface area contributed by atoms with Crippen LogP contribution in [0.15, 0.2) is 18.2 Å². The second-order valence-electron chi connectivity index (χ2n) is 7.35. The summed E-state index contributed by atoms with van der Waals surface area (Å²) in [7, 11) is 0. The Morgan fingerprint density at radius 3 is 2.48 bits per heavy atom. The third kappa shape index (κ3) is 6.57. The first kappa shape index (κ1) is 17.7. The standard InChI is InChI=1S/C18H29N3O2/c1-13-6-5-7-16(20-13)12-19-14-8-10-15(11-9-14)21-17(22)23-18(2,3)4/h5-7,14-15,19H,8-12H2,1-4H3,(H,21,22). The largest absolute Gasteiger partial charge is 0.444 e. The minimum atomic E-state index is -0.441. The minimum Gasteiger partial charge on any atom is -0.444 e. The Hall–Kier alpha value is -1.62. The van der Waals surface area contributed by atoms with E-state index in [9.17, 15) is 4.79 Å². The fourth-order valence-electron chi connectivity index (χ4n) is 2.86. The van der Waals surface area contributed by atoms with Gasteiger partial charge in [0.2, 0.25) is 0 Å². The van der Waals surface area contributed by atoms with Crippen LogP contribution in [0.1, 0.15) is 57.8 Å². The molecule has 2 rings (SSSR count). The van der Waals surface area contributed by atoms with E-state index < -0.39 is 5.60 Å². The fraction of sp³-hybridized carbons (Fsp3) is 0.667. The van der Waals surface area contributed by atoms with Crippen LogP contribution >= 0.6 is 0 Å². The first-order chi connectivity index (χ1) is 10.8. The summed E-state index contributed by atoms with van der Waals surface area (Å²) in [6, 6.07) is 6.82. The molecule has 1 aliphatic rings. The second-order valence-corrected chi connectivity index (χ2v) is 7.35. The van der Waals surface area contributed by atoms with Gasteiger partial charge in [-0.25, -0.2) is 4.79 Å². The number of nitrogens with one attached hydrogen (secondary N) is 2. The SMILES string of the molecule is Cc1cccc(CNC2CCC(NC(=O)OC(C)(C)C)CC2)n1. The third-order valence-electron chi connectivity index (χ3n) is 3.97. The lowest BCUT2D eigenvalue weighted by atomic mass is 9.91. The highest BCUT2D eigenvalue weighted by Crippen LogP contribution is 2.19. The molecule has 5 nitrogen and oxygen atoms in total. The summed E-state index contributed by atoms with van der Waals surface area (Å²) in [5.74, 6) is 0. The van der Waals surface area contributed by atoms with Crippen LogP contribution in [0.2, 0.25) is 0 Å². The van der Waals surface area contributed by atoms with Crippen LogP contribution in [0.5, 0.6) is 0 Å². The molecule has 1 amide bonds. The highest BCUT2D eigenvalue weighted by Gasteiger charge is 2.24. The number of aryl methyl sites for hydroxylation is 1. The van der Waals surface area contributed by atoms with E-state index >= 15 is 0 Å². The summed E-state index contributed by atoms with van der Waals surface area (Å²) in [5, 5.41) is 6.55. The van der Waals surface area contributed by atoms with Gasteiger partial charge in [-0.3, -0.25) is 4.98 Å². The second kappa shape index (κ2) is 7.77. The summed E-state index contributed by atoms with van der Waals surface area (Å²) in [6.45, 7) is 8.46. The molecule has 23 heavy (non-hydrogen) atoms. The van der Waals surface area contributed by atoms with E-state index in [1.54, 1.807) is 0 Å². The molecule has 0 bridgehead atoms. The Morgan fingerprint density at radius 2 is 1.87 bits per heavy atom. The van der Waals surface area contributed by atoms with E-state index in [0.29, 0.717) is 6.04 Å². The monoisotopic (exact) mass is 319 g/mol. The van der Waals surface area contributed by atoms with Gasteiger partial charge in [-0.2, -0.15) is 0 Å². The van der Waals surface area contributed by atoms with E-state index in [1.165, 1.54) is 0 Å². The molecule has 0 saturated heterocycles. The first-order valence-electron chi connectivity index (χ1n) is 8.47. The number of nitrogens with zero attached hydrogens (tertiary/aromatic N) is 1. The molecule has 1 heterocycles. The van der Waals surface area contributed by atoms with Crippen molar-refractivity contribution in [1.82, 2.24) is 15.6 Å². The Balaban J connectivity index is 1.69. The van der Waals surface area contributed by atoms with Crippen LogP contribution in [0, 0.1) is 6.92 Å². The van der Waals surface area contributed by atoms with E-state index in [4.69, 9.17) is 4.74 Å². The van der Waals surface area contributed by atoms with Crippen LogP contribution < -0.4 is 10.6 Å². The molecule has 1 aromatic rings. The number of rotatable bonds is 4. The summed E-state index contributed by atoms with van der Waals surface area (Å²) < 4.78 is 5.31. The van der Waals surface area contributed by atoms with Crippen LogP contribution in [0.3, 0.4) is 0 Å². The molecular weight excluding hydrogens is 290 g/mol. The zero-order valence-corrected chi connectivity index (χ0v) is 14.7. The van der Waals surface area contributed by atoms with Gasteiger partial charge in [-0.1, -0.05) is 6.07 Å². The van der Waals surface area contributed by atoms with Crippen molar-refractivity contribution in [2.75, 3.05) is 0 Å². The maximum atomic E-state index is 11.8.